The number of benzene rings is 1. The molecule has 0 unspecified atom stereocenters. The molecule has 3 nitrogen and oxygen atoms in total. The molecular weight excluding hydrogens is 221 g/mol. The molecule has 1 atom stereocenters. The van der Waals surface area contributed by atoms with Crippen LogP contribution in [0.3, 0.4) is 0 Å². The summed E-state index contributed by atoms with van der Waals surface area (Å²) in [6.45, 7) is 0.0989. The molecule has 0 aliphatic carbocycles. The Kier molecular flexibility index (Phi) is 4.98. The number of aliphatic hydroxyl groups is 2. The van der Waals surface area contributed by atoms with Gasteiger partial charge in [-0.2, -0.15) is 0 Å². The molecule has 0 saturated carbocycles. The second-order valence-corrected chi connectivity index (χ2v) is 3.57. The van der Waals surface area contributed by atoms with Crippen LogP contribution in [0, 0.1) is 5.82 Å². The van der Waals surface area contributed by atoms with Crippen molar-refractivity contribution in [1.82, 2.24) is 5.32 Å². The van der Waals surface area contributed by atoms with Gasteiger partial charge in [0.15, 0.2) is 0 Å². The van der Waals surface area contributed by atoms with Crippen molar-refractivity contribution < 1.29 is 14.6 Å². The molecule has 5 heteroatoms. The zero-order valence-electron chi connectivity index (χ0n) is 8.08. The van der Waals surface area contributed by atoms with Crippen LogP contribution in [0.4, 0.5) is 4.39 Å². The van der Waals surface area contributed by atoms with E-state index in [9.17, 15) is 4.39 Å². The number of nitrogens with one attached hydrogen (secondary N) is 1. The van der Waals surface area contributed by atoms with Crippen LogP contribution in [0.2, 0.25) is 5.02 Å². The van der Waals surface area contributed by atoms with Gasteiger partial charge in [0.1, 0.15) is 5.82 Å². The molecule has 3 N–H and O–H groups in total. The molecule has 0 heterocycles. The number of hydrogen-bond donors (Lipinski definition) is 3. The van der Waals surface area contributed by atoms with E-state index in [1.165, 1.54) is 12.1 Å². The van der Waals surface area contributed by atoms with E-state index in [2.05, 4.69) is 5.32 Å². The molecule has 1 aromatic rings. The maximum absolute atomic E-state index is 13.2. The molecule has 1 aromatic carbocycles. The molecule has 15 heavy (non-hydrogen) atoms. The predicted octanol–water partition coefficient (Wildman–Crippen LogP) is 0.922. The SMILES string of the molecule is OC[C@H](O)CNCc1c(F)cccc1Cl. The van der Waals surface area contributed by atoms with Crippen molar-refractivity contribution in [3.05, 3.63) is 34.6 Å². The summed E-state index contributed by atoms with van der Waals surface area (Å²) in [6, 6.07) is 4.46. The number of hydrogen-bond acceptors (Lipinski definition) is 3. The zero-order chi connectivity index (χ0) is 11.3. The van der Waals surface area contributed by atoms with Crippen LogP contribution in [0.15, 0.2) is 18.2 Å². The maximum atomic E-state index is 13.2. The summed E-state index contributed by atoms with van der Waals surface area (Å²) in [6.07, 6.45) is -0.837. The van der Waals surface area contributed by atoms with Crippen LogP contribution in [0.25, 0.3) is 0 Å². The second-order valence-electron chi connectivity index (χ2n) is 3.17. The van der Waals surface area contributed by atoms with Crippen molar-refractivity contribution in [3.63, 3.8) is 0 Å². The first-order chi connectivity index (χ1) is 7.15. The molecule has 0 spiro atoms. The van der Waals surface area contributed by atoms with Gasteiger partial charge in [-0.3, -0.25) is 0 Å². The molecule has 0 amide bonds. The van der Waals surface area contributed by atoms with Gasteiger partial charge in [-0.25, -0.2) is 4.39 Å². The van der Waals surface area contributed by atoms with E-state index in [0.29, 0.717) is 10.6 Å². The Labute approximate surface area is 92.5 Å². The van der Waals surface area contributed by atoms with Crippen molar-refractivity contribution in [2.45, 2.75) is 12.6 Å². The van der Waals surface area contributed by atoms with Crippen LogP contribution in [-0.2, 0) is 6.54 Å². The minimum atomic E-state index is -0.837. The summed E-state index contributed by atoms with van der Waals surface area (Å²) >= 11 is 5.79. The first-order valence-electron chi connectivity index (χ1n) is 4.57. The van der Waals surface area contributed by atoms with E-state index in [1.54, 1.807) is 6.07 Å². The molecule has 0 bridgehead atoms. The Hall–Kier alpha value is -0.680. The van der Waals surface area contributed by atoms with Crippen molar-refractivity contribution in [3.8, 4) is 0 Å². The highest BCUT2D eigenvalue weighted by Gasteiger charge is 2.07. The van der Waals surface area contributed by atoms with Crippen LogP contribution in [0.5, 0.6) is 0 Å². The molecule has 0 fully saturated rings. The average Bonchev–Trinajstić information content (AvgIpc) is 2.22. The van der Waals surface area contributed by atoms with Gasteiger partial charge in [0.2, 0.25) is 0 Å². The van der Waals surface area contributed by atoms with Crippen LogP contribution >= 0.6 is 11.6 Å². The van der Waals surface area contributed by atoms with E-state index >= 15 is 0 Å². The summed E-state index contributed by atoms with van der Waals surface area (Å²) in [7, 11) is 0. The molecule has 1 rings (SSSR count). The lowest BCUT2D eigenvalue weighted by Gasteiger charge is -2.10. The van der Waals surface area contributed by atoms with Crippen LogP contribution in [0.1, 0.15) is 5.56 Å². The maximum Gasteiger partial charge on any atom is 0.129 e. The van der Waals surface area contributed by atoms with Crippen LogP contribution < -0.4 is 5.32 Å². The van der Waals surface area contributed by atoms with Gasteiger partial charge >= 0.3 is 0 Å². The quantitative estimate of drug-likeness (QED) is 0.709. The summed E-state index contributed by atoms with van der Waals surface area (Å²) in [5, 5.41) is 20.7. The lowest BCUT2D eigenvalue weighted by atomic mass is 10.2. The first kappa shape index (κ1) is 12.4. The van der Waals surface area contributed by atoms with Crippen LogP contribution in [-0.4, -0.2) is 29.5 Å². The predicted molar refractivity (Wildman–Crippen MR) is 56.2 cm³/mol. The minimum absolute atomic E-state index is 0.196. The smallest absolute Gasteiger partial charge is 0.129 e. The van der Waals surface area contributed by atoms with E-state index in [-0.39, 0.29) is 25.5 Å². The van der Waals surface area contributed by atoms with E-state index < -0.39 is 6.10 Å². The lowest BCUT2D eigenvalue weighted by Crippen LogP contribution is -2.29. The van der Waals surface area contributed by atoms with Crippen molar-refractivity contribution >= 4 is 11.6 Å². The zero-order valence-corrected chi connectivity index (χ0v) is 8.84. The Morgan fingerprint density at radius 1 is 1.47 bits per heavy atom. The molecule has 0 radical (unpaired) electrons. The van der Waals surface area contributed by atoms with E-state index in [1.807, 2.05) is 0 Å². The van der Waals surface area contributed by atoms with Gasteiger partial charge in [0.25, 0.3) is 0 Å². The number of rotatable bonds is 5. The summed E-state index contributed by atoms with van der Waals surface area (Å²) in [4.78, 5) is 0. The van der Waals surface area contributed by atoms with Gasteiger partial charge in [-0.1, -0.05) is 17.7 Å². The molecule has 0 aromatic heterocycles. The minimum Gasteiger partial charge on any atom is -0.394 e. The fraction of sp³-hybridized carbons (Fsp3) is 0.400. The Balaban J connectivity index is 2.50. The van der Waals surface area contributed by atoms with Crippen molar-refractivity contribution in [2.75, 3.05) is 13.2 Å². The van der Waals surface area contributed by atoms with E-state index in [0.717, 1.165) is 0 Å². The van der Waals surface area contributed by atoms with Gasteiger partial charge in [0.05, 0.1) is 12.7 Å². The Bertz CT molecular complexity index is 302. The highest BCUT2D eigenvalue weighted by Crippen LogP contribution is 2.18. The van der Waals surface area contributed by atoms with Crippen molar-refractivity contribution in [1.29, 1.82) is 0 Å². The second kappa shape index (κ2) is 6.02. The van der Waals surface area contributed by atoms with Gasteiger partial charge in [0, 0.05) is 23.7 Å². The average molecular weight is 234 g/mol. The standard InChI is InChI=1S/C10H13ClFNO2/c11-9-2-1-3-10(12)8(9)5-13-4-7(15)6-14/h1-3,7,13-15H,4-6H2/t7-/m1/s1. The normalized spacial score (nSPS) is 12.8. The third-order valence-corrected chi connectivity index (χ3v) is 2.31. The lowest BCUT2D eigenvalue weighted by molar-refractivity contribution is 0.0941. The van der Waals surface area contributed by atoms with Gasteiger partial charge in [-0.05, 0) is 12.1 Å². The Morgan fingerprint density at radius 2 is 2.20 bits per heavy atom. The van der Waals surface area contributed by atoms with E-state index in [4.69, 9.17) is 21.8 Å². The molecule has 0 aliphatic rings. The molecular formula is C10H13ClFNO2. The number of aliphatic hydroxyl groups excluding tert-OH is 2. The summed E-state index contributed by atoms with van der Waals surface area (Å²) in [5.74, 6) is -0.381. The van der Waals surface area contributed by atoms with Crippen molar-refractivity contribution in [2.24, 2.45) is 0 Å². The Morgan fingerprint density at radius 3 is 2.80 bits per heavy atom. The van der Waals surface area contributed by atoms with Gasteiger partial charge < -0.3 is 15.5 Å². The molecule has 0 aliphatic heterocycles. The molecule has 0 saturated heterocycles. The topological polar surface area (TPSA) is 52.5 Å². The largest absolute Gasteiger partial charge is 0.394 e. The summed E-state index contributed by atoms with van der Waals surface area (Å²) in [5.41, 5.74) is 0.365. The van der Waals surface area contributed by atoms with Gasteiger partial charge in [-0.15, -0.1) is 0 Å². The fourth-order valence-corrected chi connectivity index (χ4v) is 1.36. The highest BCUT2D eigenvalue weighted by atomic mass is 35.5. The summed E-state index contributed by atoms with van der Waals surface area (Å²) < 4.78 is 13.2. The third-order valence-electron chi connectivity index (χ3n) is 1.95. The fourth-order valence-electron chi connectivity index (χ4n) is 1.13. The number of halogens is 2. The molecule has 84 valence electrons. The monoisotopic (exact) mass is 233 g/mol. The third kappa shape index (κ3) is 3.76. The highest BCUT2D eigenvalue weighted by molar-refractivity contribution is 6.31. The first-order valence-corrected chi connectivity index (χ1v) is 4.95.